The molecule has 11 heteroatoms. The van der Waals surface area contributed by atoms with E-state index in [9.17, 15) is 24.5 Å². The van der Waals surface area contributed by atoms with Crippen molar-refractivity contribution in [3.05, 3.63) is 81.4 Å². The molecule has 172 valence electrons. The molecule has 0 saturated carbocycles. The Labute approximate surface area is 197 Å². The summed E-state index contributed by atoms with van der Waals surface area (Å²) in [7, 11) is 1.46. The number of amides is 3. The lowest BCUT2D eigenvalue weighted by Crippen LogP contribution is -2.36. The van der Waals surface area contributed by atoms with E-state index >= 15 is 0 Å². The average molecular weight is 479 g/mol. The predicted molar refractivity (Wildman–Crippen MR) is 125 cm³/mol. The first-order valence-electron chi connectivity index (χ1n) is 9.89. The number of nitrogens with zero attached hydrogens (tertiary/aromatic N) is 2. The fourth-order valence-electron chi connectivity index (χ4n) is 3.26. The number of nitro groups is 1. The van der Waals surface area contributed by atoms with Crippen molar-refractivity contribution in [3.63, 3.8) is 0 Å². The van der Waals surface area contributed by atoms with E-state index in [2.05, 4.69) is 5.32 Å². The fourth-order valence-corrected chi connectivity index (χ4v) is 4.08. The number of benzene rings is 2. The number of ether oxygens (including phenoxy) is 1. The Hall–Kier alpha value is -4.38. The second-order valence-electron chi connectivity index (χ2n) is 6.99. The van der Waals surface area contributed by atoms with E-state index in [1.54, 1.807) is 48.5 Å². The Morgan fingerprint density at radius 2 is 1.88 bits per heavy atom. The number of hydrogen-bond donors (Lipinski definition) is 1. The molecule has 3 aromatic rings. The molecule has 4 rings (SSSR count). The summed E-state index contributed by atoms with van der Waals surface area (Å²) in [6.07, 6.45) is 1.36. The highest BCUT2D eigenvalue weighted by Crippen LogP contribution is 2.35. The first-order chi connectivity index (χ1) is 16.4. The van der Waals surface area contributed by atoms with E-state index in [4.69, 9.17) is 9.15 Å². The van der Waals surface area contributed by atoms with E-state index in [0.717, 1.165) is 4.90 Å². The molecule has 1 aliphatic rings. The summed E-state index contributed by atoms with van der Waals surface area (Å²) < 4.78 is 10.8. The van der Waals surface area contributed by atoms with Crippen LogP contribution < -0.4 is 10.1 Å². The lowest BCUT2D eigenvalue weighted by molar-refractivity contribution is -0.384. The van der Waals surface area contributed by atoms with Crippen molar-refractivity contribution in [1.82, 2.24) is 4.90 Å². The highest BCUT2D eigenvalue weighted by molar-refractivity contribution is 8.18. The normalized spacial score (nSPS) is 14.5. The molecule has 0 aliphatic carbocycles. The summed E-state index contributed by atoms with van der Waals surface area (Å²) in [5.74, 6) is -0.290. The topological polar surface area (TPSA) is 132 Å². The molecule has 0 unspecified atom stereocenters. The van der Waals surface area contributed by atoms with E-state index in [0.29, 0.717) is 23.2 Å². The average Bonchev–Trinajstić information content (AvgIpc) is 3.39. The zero-order chi connectivity index (χ0) is 24.2. The highest BCUT2D eigenvalue weighted by Gasteiger charge is 2.36. The number of hydrogen-bond acceptors (Lipinski definition) is 8. The number of imide groups is 1. The van der Waals surface area contributed by atoms with Crippen LogP contribution in [0.4, 0.5) is 16.2 Å². The van der Waals surface area contributed by atoms with Gasteiger partial charge in [-0.3, -0.25) is 29.4 Å². The molecule has 1 saturated heterocycles. The number of carbonyl (C=O) groups is 3. The summed E-state index contributed by atoms with van der Waals surface area (Å²) in [6, 6.07) is 15.9. The minimum absolute atomic E-state index is 0.0681. The van der Waals surface area contributed by atoms with Gasteiger partial charge in [-0.1, -0.05) is 24.3 Å². The molecule has 0 spiro atoms. The fraction of sp³-hybridized carbons (Fsp3) is 0.0870. The van der Waals surface area contributed by atoms with Crippen molar-refractivity contribution < 1.29 is 28.5 Å². The molecule has 0 radical (unpaired) electrons. The molecule has 1 fully saturated rings. The number of furan rings is 1. The van der Waals surface area contributed by atoms with Gasteiger partial charge in [0.05, 0.1) is 28.2 Å². The Kier molecular flexibility index (Phi) is 6.46. The highest BCUT2D eigenvalue weighted by atomic mass is 32.2. The quantitative estimate of drug-likeness (QED) is 0.297. The van der Waals surface area contributed by atoms with Crippen LogP contribution in [-0.4, -0.2) is 40.5 Å². The molecular weight excluding hydrogens is 462 g/mol. The molecule has 1 N–H and O–H groups in total. The molecule has 2 aromatic carbocycles. The molecule has 3 amide bonds. The predicted octanol–water partition coefficient (Wildman–Crippen LogP) is 4.54. The van der Waals surface area contributed by atoms with Crippen molar-refractivity contribution in [2.75, 3.05) is 19.0 Å². The van der Waals surface area contributed by atoms with E-state index in [-0.39, 0.29) is 27.7 Å². The lowest BCUT2D eigenvalue weighted by atomic mass is 10.1. The van der Waals surface area contributed by atoms with Crippen LogP contribution in [0.3, 0.4) is 0 Å². The number of anilines is 1. The largest absolute Gasteiger partial charge is 0.495 e. The maximum absolute atomic E-state index is 12.7. The van der Waals surface area contributed by atoms with Crippen LogP contribution in [0.2, 0.25) is 0 Å². The van der Waals surface area contributed by atoms with Crippen molar-refractivity contribution in [1.29, 1.82) is 0 Å². The van der Waals surface area contributed by atoms with Gasteiger partial charge in [0.25, 0.3) is 16.8 Å². The molecule has 34 heavy (non-hydrogen) atoms. The first kappa shape index (κ1) is 22.8. The van der Waals surface area contributed by atoms with Crippen molar-refractivity contribution in [3.8, 4) is 17.1 Å². The number of rotatable bonds is 7. The van der Waals surface area contributed by atoms with E-state index in [1.165, 1.54) is 25.3 Å². The van der Waals surface area contributed by atoms with Gasteiger partial charge in [-0.15, -0.1) is 0 Å². The van der Waals surface area contributed by atoms with Crippen LogP contribution in [-0.2, 0) is 9.59 Å². The number of carbonyl (C=O) groups excluding carboxylic acids is 3. The summed E-state index contributed by atoms with van der Waals surface area (Å²) in [5, 5.41) is 13.3. The maximum atomic E-state index is 12.7. The monoisotopic (exact) mass is 479 g/mol. The molecular formula is C23H17N3O7S. The number of methoxy groups -OCH3 is 1. The summed E-state index contributed by atoms with van der Waals surface area (Å²) >= 11 is 0.671. The van der Waals surface area contributed by atoms with Gasteiger partial charge in [0.15, 0.2) is 0 Å². The molecule has 10 nitrogen and oxygen atoms in total. The van der Waals surface area contributed by atoms with Gasteiger partial charge in [-0.25, -0.2) is 0 Å². The molecule has 2 heterocycles. The van der Waals surface area contributed by atoms with E-state index < -0.39 is 28.5 Å². The van der Waals surface area contributed by atoms with Crippen LogP contribution in [0.25, 0.3) is 17.4 Å². The zero-order valence-corrected chi connectivity index (χ0v) is 18.5. The van der Waals surface area contributed by atoms with Gasteiger partial charge in [0, 0.05) is 12.1 Å². The van der Waals surface area contributed by atoms with Crippen LogP contribution >= 0.6 is 11.8 Å². The van der Waals surface area contributed by atoms with Gasteiger partial charge in [0.2, 0.25) is 5.91 Å². The Bertz CT molecular complexity index is 1330. The summed E-state index contributed by atoms with van der Waals surface area (Å²) in [5.41, 5.74) is 0.577. The minimum atomic E-state index is -0.645. The SMILES string of the molecule is COc1ccccc1NC(=O)CN1C(=O)S/C(=C/c2ccc(-c3ccccc3[N+](=O)[O-])o2)C1=O. The Morgan fingerprint density at radius 3 is 2.65 bits per heavy atom. The van der Waals surface area contributed by atoms with Gasteiger partial charge in [-0.2, -0.15) is 0 Å². The maximum Gasteiger partial charge on any atom is 0.294 e. The summed E-state index contributed by atoms with van der Waals surface area (Å²) in [6.45, 7) is -0.473. The second-order valence-corrected chi connectivity index (χ2v) is 7.99. The van der Waals surface area contributed by atoms with Crippen molar-refractivity contribution >= 4 is 46.3 Å². The van der Waals surface area contributed by atoms with Crippen molar-refractivity contribution in [2.24, 2.45) is 0 Å². The van der Waals surface area contributed by atoms with Crippen LogP contribution in [0, 0.1) is 10.1 Å². The number of nitrogens with one attached hydrogen (secondary N) is 1. The van der Waals surface area contributed by atoms with Crippen LogP contribution in [0.5, 0.6) is 5.75 Å². The third kappa shape index (κ3) is 4.69. The molecule has 1 aliphatic heterocycles. The third-order valence-corrected chi connectivity index (χ3v) is 5.73. The first-order valence-corrected chi connectivity index (χ1v) is 10.7. The van der Waals surface area contributed by atoms with Crippen molar-refractivity contribution in [2.45, 2.75) is 0 Å². The zero-order valence-electron chi connectivity index (χ0n) is 17.7. The summed E-state index contributed by atoms with van der Waals surface area (Å²) in [4.78, 5) is 49.2. The van der Waals surface area contributed by atoms with Crippen LogP contribution in [0.15, 0.2) is 70.0 Å². The second kappa shape index (κ2) is 9.63. The Balaban J connectivity index is 1.48. The number of para-hydroxylation sites is 3. The molecule has 0 bridgehead atoms. The lowest BCUT2D eigenvalue weighted by Gasteiger charge is -2.14. The van der Waals surface area contributed by atoms with E-state index in [1.807, 2.05) is 0 Å². The number of thioether (sulfide) groups is 1. The molecule has 0 atom stereocenters. The van der Waals surface area contributed by atoms with Crippen LogP contribution in [0.1, 0.15) is 5.76 Å². The number of nitro benzene ring substituents is 1. The smallest absolute Gasteiger partial charge is 0.294 e. The van der Waals surface area contributed by atoms with Gasteiger partial charge in [-0.05, 0) is 42.1 Å². The van der Waals surface area contributed by atoms with Gasteiger partial charge < -0.3 is 14.5 Å². The van der Waals surface area contributed by atoms with Gasteiger partial charge >= 0.3 is 0 Å². The minimum Gasteiger partial charge on any atom is -0.495 e. The molecule has 1 aromatic heterocycles. The van der Waals surface area contributed by atoms with Gasteiger partial charge in [0.1, 0.15) is 23.8 Å². The third-order valence-electron chi connectivity index (χ3n) is 4.82. The Morgan fingerprint density at radius 1 is 1.15 bits per heavy atom. The standard InChI is InChI=1S/C23H17N3O7S/c1-32-19-9-5-3-7-16(19)24-21(27)13-25-22(28)20(34-23(25)29)12-14-10-11-18(33-14)15-6-2-4-8-17(15)26(30)31/h2-12H,13H2,1H3,(H,24,27)/b20-12+.